The van der Waals surface area contributed by atoms with Crippen LogP contribution in [0.3, 0.4) is 0 Å². The molecule has 164 valence electrons. The van der Waals surface area contributed by atoms with E-state index in [9.17, 15) is 9.59 Å². The number of fused-ring (bicyclic) bond motifs is 1. The minimum Gasteiger partial charge on any atom is -0.461 e. The van der Waals surface area contributed by atoms with Gasteiger partial charge in [0.15, 0.2) is 11.5 Å². The predicted molar refractivity (Wildman–Crippen MR) is 116 cm³/mol. The molecule has 5 nitrogen and oxygen atoms in total. The highest BCUT2D eigenvalue weighted by Crippen LogP contribution is 2.44. The van der Waals surface area contributed by atoms with Crippen LogP contribution in [-0.4, -0.2) is 24.6 Å². The van der Waals surface area contributed by atoms with Crippen molar-refractivity contribution in [3.05, 3.63) is 36.4 Å². The molecule has 3 rings (SSSR count). The first-order chi connectivity index (χ1) is 14.2. The second-order valence-corrected chi connectivity index (χ2v) is 9.35. The van der Waals surface area contributed by atoms with Gasteiger partial charge in [0.05, 0.1) is 0 Å². The Kier molecular flexibility index (Phi) is 6.59. The van der Waals surface area contributed by atoms with Crippen molar-refractivity contribution in [3.8, 4) is 11.5 Å². The van der Waals surface area contributed by atoms with E-state index >= 15 is 0 Å². The van der Waals surface area contributed by atoms with Crippen LogP contribution in [0.4, 0.5) is 0 Å². The van der Waals surface area contributed by atoms with Crippen LogP contribution in [0.2, 0.25) is 0 Å². The molecule has 1 aliphatic carbocycles. The SMILES string of the molecule is C=CC(c1ccc2c(c1)OCO2)[C@](C)(C(C)=O)C(=O)OC1C[C@H](C)CC[C@H]1C(C)C. The van der Waals surface area contributed by atoms with Crippen LogP contribution < -0.4 is 9.47 Å². The minimum absolute atomic E-state index is 0.165. The highest BCUT2D eigenvalue weighted by molar-refractivity contribution is 6.03. The second-order valence-electron chi connectivity index (χ2n) is 9.35. The van der Waals surface area contributed by atoms with Crippen LogP contribution in [0, 0.1) is 23.2 Å². The molecule has 0 bridgehead atoms. The molecule has 1 aromatic rings. The number of ether oxygens (including phenoxy) is 3. The molecule has 0 radical (unpaired) electrons. The average Bonchev–Trinajstić information content (AvgIpc) is 3.15. The maximum atomic E-state index is 13.5. The Morgan fingerprint density at radius 2 is 1.93 bits per heavy atom. The third-order valence-corrected chi connectivity index (χ3v) is 6.99. The van der Waals surface area contributed by atoms with Crippen molar-refractivity contribution in [1.82, 2.24) is 0 Å². The number of carbonyl (C=O) groups excluding carboxylic acids is 2. The zero-order valence-corrected chi connectivity index (χ0v) is 18.8. The van der Waals surface area contributed by atoms with Gasteiger partial charge in [-0.3, -0.25) is 9.59 Å². The molecule has 0 spiro atoms. The van der Waals surface area contributed by atoms with E-state index in [-0.39, 0.29) is 18.7 Å². The molecular weight excluding hydrogens is 380 g/mol. The lowest BCUT2D eigenvalue weighted by molar-refractivity contribution is -0.170. The largest absolute Gasteiger partial charge is 0.461 e. The van der Waals surface area contributed by atoms with Crippen molar-refractivity contribution in [3.63, 3.8) is 0 Å². The summed E-state index contributed by atoms with van der Waals surface area (Å²) >= 11 is 0. The third-order valence-electron chi connectivity index (χ3n) is 6.99. The summed E-state index contributed by atoms with van der Waals surface area (Å²) in [5, 5.41) is 0. The minimum atomic E-state index is -1.36. The van der Waals surface area contributed by atoms with E-state index in [1.807, 2.05) is 12.1 Å². The molecule has 5 heteroatoms. The van der Waals surface area contributed by atoms with E-state index in [1.165, 1.54) is 6.92 Å². The molecule has 1 fully saturated rings. The van der Waals surface area contributed by atoms with Gasteiger partial charge in [0, 0.05) is 5.92 Å². The van der Waals surface area contributed by atoms with Crippen molar-refractivity contribution in [2.45, 2.75) is 65.9 Å². The smallest absolute Gasteiger partial charge is 0.320 e. The fraction of sp³-hybridized carbons (Fsp3) is 0.600. The number of benzene rings is 1. The van der Waals surface area contributed by atoms with Gasteiger partial charge in [0.1, 0.15) is 17.3 Å². The molecule has 2 unspecified atom stereocenters. The molecule has 0 aromatic heterocycles. The third kappa shape index (κ3) is 4.12. The summed E-state index contributed by atoms with van der Waals surface area (Å²) in [4.78, 5) is 26.3. The molecule has 30 heavy (non-hydrogen) atoms. The standard InChI is InChI=1S/C25H34O5/c1-7-20(18-9-11-21-23(13-18)29-14-28-21)25(6,17(5)26)24(27)30-22-12-16(4)8-10-19(22)15(2)3/h7,9,11,13,15-16,19-20,22H,1,8,10,12,14H2,2-6H3/t16-,19+,20?,22?,25+/m1/s1. The Bertz CT molecular complexity index is 814. The molecular formula is C25H34O5. The summed E-state index contributed by atoms with van der Waals surface area (Å²) in [6.07, 6.45) is 4.52. The molecule has 2 aliphatic rings. The summed E-state index contributed by atoms with van der Waals surface area (Å²) in [5.74, 6) is 1.27. The van der Waals surface area contributed by atoms with Crippen LogP contribution in [-0.2, 0) is 14.3 Å². The van der Waals surface area contributed by atoms with Crippen molar-refractivity contribution in [1.29, 1.82) is 0 Å². The zero-order chi connectivity index (χ0) is 22.1. The summed E-state index contributed by atoms with van der Waals surface area (Å²) in [6.45, 7) is 13.8. The molecule has 1 heterocycles. The summed E-state index contributed by atoms with van der Waals surface area (Å²) in [5.41, 5.74) is -0.584. The first-order valence-corrected chi connectivity index (χ1v) is 10.9. The van der Waals surface area contributed by atoms with Crippen molar-refractivity contribution in [2.24, 2.45) is 23.2 Å². The highest BCUT2D eigenvalue weighted by Gasteiger charge is 2.48. The fourth-order valence-electron chi connectivity index (χ4n) is 4.81. The van der Waals surface area contributed by atoms with Crippen LogP contribution in [0.5, 0.6) is 11.5 Å². The number of esters is 1. The van der Waals surface area contributed by atoms with Gasteiger partial charge in [-0.05, 0) is 62.1 Å². The molecule has 1 saturated carbocycles. The van der Waals surface area contributed by atoms with Crippen LogP contribution >= 0.6 is 0 Å². The fourth-order valence-corrected chi connectivity index (χ4v) is 4.81. The van der Waals surface area contributed by atoms with Gasteiger partial charge < -0.3 is 14.2 Å². The summed E-state index contributed by atoms with van der Waals surface area (Å²) in [6, 6.07) is 5.48. The molecule has 0 N–H and O–H groups in total. The van der Waals surface area contributed by atoms with E-state index in [2.05, 4.69) is 27.4 Å². The number of ketones is 1. The van der Waals surface area contributed by atoms with Crippen molar-refractivity contribution < 1.29 is 23.8 Å². The first kappa shape index (κ1) is 22.4. The Morgan fingerprint density at radius 1 is 1.23 bits per heavy atom. The lowest BCUT2D eigenvalue weighted by Gasteiger charge is -2.39. The summed E-state index contributed by atoms with van der Waals surface area (Å²) in [7, 11) is 0. The average molecular weight is 415 g/mol. The predicted octanol–water partition coefficient (Wildman–Crippen LogP) is 5.28. The number of hydrogen-bond donors (Lipinski definition) is 0. The number of allylic oxidation sites excluding steroid dienone is 1. The molecule has 1 aromatic carbocycles. The lowest BCUT2D eigenvalue weighted by atomic mass is 9.70. The van der Waals surface area contributed by atoms with E-state index in [0.717, 1.165) is 24.8 Å². The van der Waals surface area contributed by atoms with Crippen molar-refractivity contribution in [2.75, 3.05) is 6.79 Å². The number of hydrogen-bond acceptors (Lipinski definition) is 5. The first-order valence-electron chi connectivity index (χ1n) is 10.9. The number of carbonyl (C=O) groups is 2. The Labute approximate surface area is 179 Å². The lowest BCUT2D eigenvalue weighted by Crippen LogP contribution is -2.45. The normalized spacial score (nSPS) is 26.0. The van der Waals surface area contributed by atoms with E-state index in [1.54, 1.807) is 19.1 Å². The molecule has 5 atom stereocenters. The van der Waals surface area contributed by atoms with Crippen LogP contribution in [0.15, 0.2) is 30.9 Å². The Morgan fingerprint density at radius 3 is 2.57 bits per heavy atom. The van der Waals surface area contributed by atoms with Gasteiger partial charge in [-0.2, -0.15) is 0 Å². The van der Waals surface area contributed by atoms with Gasteiger partial charge >= 0.3 is 5.97 Å². The zero-order valence-electron chi connectivity index (χ0n) is 18.8. The molecule has 0 saturated heterocycles. The maximum Gasteiger partial charge on any atom is 0.320 e. The topological polar surface area (TPSA) is 61.8 Å². The van der Waals surface area contributed by atoms with Gasteiger partial charge in [-0.25, -0.2) is 0 Å². The van der Waals surface area contributed by atoms with E-state index < -0.39 is 17.3 Å². The second kappa shape index (κ2) is 8.83. The van der Waals surface area contributed by atoms with Gasteiger partial charge in [-0.1, -0.05) is 39.3 Å². The van der Waals surface area contributed by atoms with Gasteiger partial charge in [-0.15, -0.1) is 6.58 Å². The van der Waals surface area contributed by atoms with Crippen molar-refractivity contribution >= 4 is 11.8 Å². The Hall–Kier alpha value is -2.30. The van der Waals surface area contributed by atoms with Gasteiger partial charge in [0.25, 0.3) is 0 Å². The maximum absolute atomic E-state index is 13.5. The highest BCUT2D eigenvalue weighted by atomic mass is 16.7. The molecule has 1 aliphatic heterocycles. The molecule has 0 amide bonds. The number of Topliss-reactive ketones (excluding diaryl/α,β-unsaturated/α-hetero) is 1. The number of rotatable bonds is 7. The quantitative estimate of drug-likeness (QED) is 0.345. The summed E-state index contributed by atoms with van der Waals surface area (Å²) < 4.78 is 17.0. The Balaban J connectivity index is 1.90. The monoisotopic (exact) mass is 414 g/mol. The van der Waals surface area contributed by atoms with Crippen LogP contribution in [0.25, 0.3) is 0 Å². The van der Waals surface area contributed by atoms with E-state index in [4.69, 9.17) is 14.2 Å². The van der Waals surface area contributed by atoms with Crippen LogP contribution in [0.1, 0.15) is 65.4 Å². The van der Waals surface area contributed by atoms with E-state index in [0.29, 0.717) is 29.3 Å². The van der Waals surface area contributed by atoms with Gasteiger partial charge in [0.2, 0.25) is 6.79 Å².